The second-order valence-electron chi connectivity index (χ2n) is 5.03. The summed E-state index contributed by atoms with van der Waals surface area (Å²) < 4.78 is 11.0. The standard InChI is InChI=1S/C12H19NO2/c1-12(2,3)15-11-10(14-11)13-9-7-5-4-6-8-9/h4-5,10-11H,6-8H2,1-3H3/b13-9-. The van der Waals surface area contributed by atoms with E-state index in [1.807, 2.05) is 20.8 Å². The minimum absolute atomic E-state index is 0.0503. The van der Waals surface area contributed by atoms with Gasteiger partial charge in [-0.05, 0) is 33.6 Å². The molecule has 1 saturated heterocycles. The van der Waals surface area contributed by atoms with E-state index in [1.165, 1.54) is 5.71 Å². The molecular formula is C12H19NO2. The molecule has 84 valence electrons. The number of epoxide rings is 1. The molecule has 2 rings (SSSR count). The van der Waals surface area contributed by atoms with Gasteiger partial charge in [-0.3, -0.25) is 4.99 Å². The van der Waals surface area contributed by atoms with Crippen molar-refractivity contribution in [2.24, 2.45) is 4.99 Å². The van der Waals surface area contributed by atoms with Crippen molar-refractivity contribution in [2.75, 3.05) is 0 Å². The van der Waals surface area contributed by atoms with Crippen LogP contribution in [0.5, 0.6) is 0 Å². The van der Waals surface area contributed by atoms with Gasteiger partial charge in [0.2, 0.25) is 12.5 Å². The molecule has 0 spiro atoms. The predicted octanol–water partition coefficient (Wildman–Crippen LogP) is 2.67. The molecule has 2 atom stereocenters. The van der Waals surface area contributed by atoms with Gasteiger partial charge >= 0.3 is 0 Å². The maximum Gasteiger partial charge on any atom is 0.207 e. The molecule has 0 aromatic carbocycles. The molecular weight excluding hydrogens is 190 g/mol. The fourth-order valence-corrected chi connectivity index (χ4v) is 1.60. The Morgan fingerprint density at radius 2 is 2.20 bits per heavy atom. The van der Waals surface area contributed by atoms with Gasteiger partial charge in [-0.25, -0.2) is 0 Å². The highest BCUT2D eigenvalue weighted by molar-refractivity contribution is 5.86. The Morgan fingerprint density at radius 3 is 2.80 bits per heavy atom. The van der Waals surface area contributed by atoms with E-state index in [0.29, 0.717) is 0 Å². The van der Waals surface area contributed by atoms with Crippen molar-refractivity contribution in [2.45, 2.75) is 58.2 Å². The molecule has 1 aliphatic heterocycles. The molecule has 0 saturated carbocycles. The lowest BCUT2D eigenvalue weighted by atomic mass is 10.1. The molecule has 0 radical (unpaired) electrons. The monoisotopic (exact) mass is 209 g/mol. The number of hydrogen-bond donors (Lipinski definition) is 0. The maximum absolute atomic E-state index is 5.66. The van der Waals surface area contributed by atoms with E-state index in [4.69, 9.17) is 9.47 Å². The fraction of sp³-hybridized carbons (Fsp3) is 0.750. The topological polar surface area (TPSA) is 34.1 Å². The van der Waals surface area contributed by atoms with Gasteiger partial charge in [-0.2, -0.15) is 0 Å². The largest absolute Gasteiger partial charge is 0.342 e. The first kappa shape index (κ1) is 10.8. The molecule has 3 nitrogen and oxygen atoms in total. The lowest BCUT2D eigenvalue weighted by Gasteiger charge is -2.17. The first-order chi connectivity index (χ1) is 7.04. The van der Waals surface area contributed by atoms with Gasteiger partial charge in [0.25, 0.3) is 0 Å². The Hall–Kier alpha value is -0.670. The van der Waals surface area contributed by atoms with Crippen LogP contribution < -0.4 is 0 Å². The zero-order chi connectivity index (χ0) is 10.9. The zero-order valence-electron chi connectivity index (χ0n) is 9.69. The van der Waals surface area contributed by atoms with E-state index in [2.05, 4.69) is 17.1 Å². The summed E-state index contributed by atoms with van der Waals surface area (Å²) >= 11 is 0. The molecule has 1 aliphatic carbocycles. The van der Waals surface area contributed by atoms with Crippen LogP contribution in [0.2, 0.25) is 0 Å². The summed E-state index contributed by atoms with van der Waals surface area (Å²) in [7, 11) is 0. The maximum atomic E-state index is 5.66. The van der Waals surface area contributed by atoms with E-state index < -0.39 is 0 Å². The van der Waals surface area contributed by atoms with Crippen molar-refractivity contribution in [1.29, 1.82) is 0 Å². The number of hydrogen-bond acceptors (Lipinski definition) is 3. The fourth-order valence-electron chi connectivity index (χ4n) is 1.60. The Labute approximate surface area is 91.2 Å². The lowest BCUT2D eigenvalue weighted by molar-refractivity contribution is -0.0569. The van der Waals surface area contributed by atoms with Gasteiger partial charge in [0.05, 0.1) is 5.60 Å². The average molecular weight is 209 g/mol. The van der Waals surface area contributed by atoms with Crippen LogP contribution in [0.1, 0.15) is 40.0 Å². The molecule has 1 fully saturated rings. The highest BCUT2D eigenvalue weighted by Crippen LogP contribution is 2.30. The molecule has 2 aliphatic rings. The Morgan fingerprint density at radius 1 is 1.40 bits per heavy atom. The van der Waals surface area contributed by atoms with Gasteiger partial charge < -0.3 is 9.47 Å². The Bertz CT molecular complexity index is 288. The first-order valence-electron chi connectivity index (χ1n) is 5.58. The van der Waals surface area contributed by atoms with E-state index in [1.54, 1.807) is 0 Å². The molecule has 2 unspecified atom stereocenters. The van der Waals surface area contributed by atoms with Gasteiger partial charge in [-0.15, -0.1) is 0 Å². The van der Waals surface area contributed by atoms with E-state index in [9.17, 15) is 0 Å². The summed E-state index contributed by atoms with van der Waals surface area (Å²) in [5.74, 6) is 0. The summed E-state index contributed by atoms with van der Waals surface area (Å²) in [6, 6.07) is 0. The number of nitrogens with zero attached hydrogens (tertiary/aromatic N) is 1. The molecule has 0 amide bonds. The summed E-state index contributed by atoms with van der Waals surface area (Å²) in [6.45, 7) is 6.09. The Balaban J connectivity index is 1.81. The molecule has 0 aromatic heterocycles. The van der Waals surface area contributed by atoms with Crippen molar-refractivity contribution in [1.82, 2.24) is 0 Å². The molecule has 0 aromatic rings. The van der Waals surface area contributed by atoms with Gasteiger partial charge in [0, 0.05) is 12.1 Å². The van der Waals surface area contributed by atoms with Crippen LogP contribution >= 0.6 is 0 Å². The first-order valence-corrected chi connectivity index (χ1v) is 5.58. The molecule has 1 heterocycles. The van der Waals surface area contributed by atoms with E-state index in [0.717, 1.165) is 19.3 Å². The van der Waals surface area contributed by atoms with Crippen LogP contribution in [0.4, 0.5) is 0 Å². The molecule has 15 heavy (non-hydrogen) atoms. The quantitative estimate of drug-likeness (QED) is 0.517. The highest BCUT2D eigenvalue weighted by Gasteiger charge is 2.42. The number of rotatable bonds is 2. The minimum atomic E-state index is -0.147. The van der Waals surface area contributed by atoms with Crippen molar-refractivity contribution in [3.63, 3.8) is 0 Å². The number of ether oxygens (including phenoxy) is 2. The van der Waals surface area contributed by atoms with Crippen LogP contribution in [0, 0.1) is 0 Å². The van der Waals surface area contributed by atoms with E-state index in [-0.39, 0.29) is 18.1 Å². The second-order valence-corrected chi connectivity index (χ2v) is 5.03. The minimum Gasteiger partial charge on any atom is -0.342 e. The number of aliphatic imine (C=N–C) groups is 1. The van der Waals surface area contributed by atoms with Crippen molar-refractivity contribution < 1.29 is 9.47 Å². The summed E-state index contributed by atoms with van der Waals surface area (Å²) in [5.41, 5.74) is 1.09. The molecule has 0 bridgehead atoms. The van der Waals surface area contributed by atoms with Crippen molar-refractivity contribution in [3.8, 4) is 0 Å². The van der Waals surface area contributed by atoms with Crippen LogP contribution in [-0.2, 0) is 9.47 Å². The third-order valence-electron chi connectivity index (χ3n) is 2.33. The van der Waals surface area contributed by atoms with Gasteiger partial charge in [0.15, 0.2) is 0 Å². The number of allylic oxidation sites excluding steroid dienone is 2. The van der Waals surface area contributed by atoms with Crippen LogP contribution in [0.3, 0.4) is 0 Å². The third kappa shape index (κ3) is 3.43. The smallest absolute Gasteiger partial charge is 0.207 e. The summed E-state index contributed by atoms with van der Waals surface area (Å²) in [5, 5.41) is 0. The SMILES string of the molecule is CC(C)(C)OC1OC1/N=C1/CC=CCC1. The highest BCUT2D eigenvalue weighted by atomic mass is 16.8. The van der Waals surface area contributed by atoms with Crippen LogP contribution in [0.15, 0.2) is 17.1 Å². The zero-order valence-corrected chi connectivity index (χ0v) is 9.69. The predicted molar refractivity (Wildman–Crippen MR) is 59.9 cm³/mol. The molecule has 0 N–H and O–H groups in total. The summed E-state index contributed by atoms with van der Waals surface area (Å²) in [6.07, 6.45) is 7.35. The van der Waals surface area contributed by atoms with Gasteiger partial charge in [0.1, 0.15) is 0 Å². The normalized spacial score (nSPS) is 33.4. The van der Waals surface area contributed by atoms with Gasteiger partial charge in [-0.1, -0.05) is 12.2 Å². The lowest BCUT2D eigenvalue weighted by Crippen LogP contribution is -2.21. The average Bonchev–Trinajstić information content (AvgIpc) is 2.82. The second kappa shape index (κ2) is 4.06. The van der Waals surface area contributed by atoms with Crippen LogP contribution in [0.25, 0.3) is 0 Å². The van der Waals surface area contributed by atoms with Crippen molar-refractivity contribution in [3.05, 3.63) is 12.2 Å². The Kier molecular flexibility index (Phi) is 2.94. The van der Waals surface area contributed by atoms with E-state index >= 15 is 0 Å². The van der Waals surface area contributed by atoms with Crippen LogP contribution in [-0.4, -0.2) is 23.8 Å². The van der Waals surface area contributed by atoms with Crippen molar-refractivity contribution >= 4 is 5.71 Å². The third-order valence-corrected chi connectivity index (χ3v) is 2.33. The molecule has 3 heteroatoms. The summed E-state index contributed by atoms with van der Waals surface area (Å²) in [4.78, 5) is 4.53.